The van der Waals surface area contributed by atoms with Gasteiger partial charge in [0.2, 0.25) is 5.91 Å². The number of alkyl halides is 2. The molecule has 0 unspecified atom stereocenters. The third kappa shape index (κ3) is 5.31. The average Bonchev–Trinajstić information content (AvgIpc) is 2.65. The molecule has 134 valence electrons. The van der Waals surface area contributed by atoms with Crippen LogP contribution in [0.15, 0.2) is 48.5 Å². The fraction of sp³-hybridized carbons (Fsp3) is 0.158. The standard InChI is InChI=1S/C19H16F2N2O3/c1-25-16-4-2-3-15(18(16)26-19(20)21)9-10-17(24)23-12-14-7-5-13(11-22)6-8-14/h2-10,19H,12H2,1H3,(H,23,24)/b10-9+. The molecule has 0 spiro atoms. The monoisotopic (exact) mass is 358 g/mol. The van der Waals surface area contributed by atoms with Crippen molar-refractivity contribution in [1.29, 1.82) is 5.26 Å². The van der Waals surface area contributed by atoms with Crippen molar-refractivity contribution in [3.05, 3.63) is 65.2 Å². The molecule has 0 aromatic heterocycles. The summed E-state index contributed by atoms with van der Waals surface area (Å²) in [5.74, 6) is -0.397. The Balaban J connectivity index is 2.04. The minimum atomic E-state index is -3.01. The highest BCUT2D eigenvalue weighted by molar-refractivity contribution is 5.92. The van der Waals surface area contributed by atoms with Crippen molar-refractivity contribution >= 4 is 12.0 Å². The largest absolute Gasteiger partial charge is 0.493 e. The van der Waals surface area contributed by atoms with Crippen LogP contribution in [0.2, 0.25) is 0 Å². The van der Waals surface area contributed by atoms with Gasteiger partial charge in [0, 0.05) is 18.2 Å². The molecule has 5 nitrogen and oxygen atoms in total. The van der Waals surface area contributed by atoms with Gasteiger partial charge in [-0.25, -0.2) is 0 Å². The van der Waals surface area contributed by atoms with Crippen LogP contribution in [0.25, 0.3) is 6.08 Å². The molecule has 7 heteroatoms. The second-order valence-corrected chi connectivity index (χ2v) is 5.12. The Bertz CT molecular complexity index is 828. The van der Waals surface area contributed by atoms with Crippen molar-refractivity contribution in [2.24, 2.45) is 0 Å². The van der Waals surface area contributed by atoms with E-state index >= 15 is 0 Å². The maximum atomic E-state index is 12.6. The Morgan fingerprint density at radius 3 is 2.62 bits per heavy atom. The molecule has 0 aliphatic rings. The van der Waals surface area contributed by atoms with E-state index in [1.54, 1.807) is 30.3 Å². The fourth-order valence-electron chi connectivity index (χ4n) is 2.15. The summed E-state index contributed by atoms with van der Waals surface area (Å²) in [5, 5.41) is 11.4. The number of hydrogen-bond donors (Lipinski definition) is 1. The number of amides is 1. The summed E-state index contributed by atoms with van der Waals surface area (Å²) in [7, 11) is 1.34. The number of nitriles is 1. The van der Waals surface area contributed by atoms with Crippen LogP contribution in [0.4, 0.5) is 8.78 Å². The average molecular weight is 358 g/mol. The number of benzene rings is 2. The maximum Gasteiger partial charge on any atom is 0.387 e. The van der Waals surface area contributed by atoms with E-state index in [4.69, 9.17) is 10.00 Å². The third-order valence-electron chi connectivity index (χ3n) is 3.40. The van der Waals surface area contributed by atoms with Gasteiger partial charge in [0.25, 0.3) is 0 Å². The van der Waals surface area contributed by atoms with Gasteiger partial charge in [0.05, 0.1) is 18.7 Å². The van der Waals surface area contributed by atoms with E-state index in [1.807, 2.05) is 6.07 Å². The molecular weight excluding hydrogens is 342 g/mol. The van der Waals surface area contributed by atoms with Crippen molar-refractivity contribution in [2.75, 3.05) is 7.11 Å². The first-order valence-electron chi connectivity index (χ1n) is 7.60. The number of rotatable bonds is 7. The van der Waals surface area contributed by atoms with Crippen molar-refractivity contribution in [3.8, 4) is 17.6 Å². The maximum absolute atomic E-state index is 12.6. The molecule has 0 aliphatic carbocycles. The highest BCUT2D eigenvalue weighted by atomic mass is 19.3. The molecule has 0 saturated heterocycles. The Hall–Kier alpha value is -3.40. The Morgan fingerprint density at radius 1 is 1.27 bits per heavy atom. The summed E-state index contributed by atoms with van der Waals surface area (Å²) < 4.78 is 34.6. The highest BCUT2D eigenvalue weighted by Crippen LogP contribution is 2.33. The van der Waals surface area contributed by atoms with Crippen LogP contribution < -0.4 is 14.8 Å². The van der Waals surface area contributed by atoms with E-state index < -0.39 is 12.5 Å². The number of carbonyl (C=O) groups excluding carboxylic acids is 1. The number of ether oxygens (including phenoxy) is 2. The number of nitrogens with zero attached hydrogens (tertiary/aromatic N) is 1. The van der Waals surface area contributed by atoms with E-state index in [-0.39, 0.29) is 23.6 Å². The quantitative estimate of drug-likeness (QED) is 0.769. The van der Waals surface area contributed by atoms with Crippen LogP contribution in [0, 0.1) is 11.3 Å². The number of nitrogens with one attached hydrogen (secondary N) is 1. The molecule has 2 aromatic rings. The van der Waals surface area contributed by atoms with E-state index in [1.165, 1.54) is 31.4 Å². The fourth-order valence-corrected chi connectivity index (χ4v) is 2.15. The Kier molecular flexibility index (Phi) is 6.68. The first kappa shape index (κ1) is 18.9. The first-order valence-corrected chi connectivity index (χ1v) is 7.60. The molecule has 0 fully saturated rings. The topological polar surface area (TPSA) is 71.3 Å². The zero-order chi connectivity index (χ0) is 18.9. The first-order chi connectivity index (χ1) is 12.5. The van der Waals surface area contributed by atoms with Gasteiger partial charge in [-0.3, -0.25) is 4.79 Å². The molecule has 0 bridgehead atoms. The predicted octanol–water partition coefficient (Wildman–Crippen LogP) is 3.50. The van der Waals surface area contributed by atoms with Crippen molar-refractivity contribution in [3.63, 3.8) is 0 Å². The van der Waals surface area contributed by atoms with Gasteiger partial charge in [-0.1, -0.05) is 24.3 Å². The minimum absolute atomic E-state index is 0.138. The number of halogens is 2. The molecule has 0 heterocycles. The van der Waals surface area contributed by atoms with Crippen LogP contribution in [0.5, 0.6) is 11.5 Å². The smallest absolute Gasteiger partial charge is 0.387 e. The second-order valence-electron chi connectivity index (χ2n) is 5.12. The lowest BCUT2D eigenvalue weighted by molar-refractivity contribution is -0.116. The van der Waals surface area contributed by atoms with Crippen LogP contribution in [0.3, 0.4) is 0 Å². The van der Waals surface area contributed by atoms with Crippen LogP contribution >= 0.6 is 0 Å². The molecule has 2 rings (SSSR count). The van der Waals surface area contributed by atoms with E-state index in [0.29, 0.717) is 5.56 Å². The number of carbonyl (C=O) groups is 1. The minimum Gasteiger partial charge on any atom is -0.493 e. The molecular formula is C19H16F2N2O3. The SMILES string of the molecule is COc1cccc(/C=C/C(=O)NCc2ccc(C#N)cc2)c1OC(F)F. The summed E-state index contributed by atoms with van der Waals surface area (Å²) >= 11 is 0. The number of methoxy groups -OCH3 is 1. The van der Waals surface area contributed by atoms with Gasteiger partial charge in [-0.15, -0.1) is 0 Å². The Labute approximate surface area is 149 Å². The van der Waals surface area contributed by atoms with Crippen LogP contribution in [-0.2, 0) is 11.3 Å². The van der Waals surface area contributed by atoms with Gasteiger partial charge in [0.1, 0.15) is 0 Å². The van der Waals surface area contributed by atoms with Crippen LogP contribution in [0.1, 0.15) is 16.7 Å². The van der Waals surface area contributed by atoms with E-state index in [9.17, 15) is 13.6 Å². The normalized spacial score (nSPS) is 10.6. The molecule has 26 heavy (non-hydrogen) atoms. The number of hydrogen-bond acceptors (Lipinski definition) is 4. The summed E-state index contributed by atoms with van der Waals surface area (Å²) in [4.78, 5) is 11.9. The highest BCUT2D eigenvalue weighted by Gasteiger charge is 2.13. The molecule has 2 aromatic carbocycles. The molecule has 1 N–H and O–H groups in total. The zero-order valence-electron chi connectivity index (χ0n) is 13.9. The molecule has 0 atom stereocenters. The van der Waals surface area contributed by atoms with Gasteiger partial charge in [-0.2, -0.15) is 14.0 Å². The van der Waals surface area contributed by atoms with E-state index in [0.717, 1.165) is 5.56 Å². The van der Waals surface area contributed by atoms with Crippen molar-refractivity contribution in [1.82, 2.24) is 5.32 Å². The predicted molar refractivity (Wildman–Crippen MR) is 91.7 cm³/mol. The molecule has 0 saturated carbocycles. The Morgan fingerprint density at radius 2 is 2.00 bits per heavy atom. The summed E-state index contributed by atoms with van der Waals surface area (Å²) in [6.45, 7) is -2.74. The number of para-hydroxylation sites is 1. The van der Waals surface area contributed by atoms with Gasteiger partial charge in [0.15, 0.2) is 11.5 Å². The van der Waals surface area contributed by atoms with Crippen molar-refractivity contribution in [2.45, 2.75) is 13.2 Å². The molecule has 0 radical (unpaired) electrons. The molecule has 1 amide bonds. The van der Waals surface area contributed by atoms with Gasteiger partial charge in [-0.05, 0) is 29.8 Å². The lowest BCUT2D eigenvalue weighted by Gasteiger charge is -2.12. The lowest BCUT2D eigenvalue weighted by Crippen LogP contribution is -2.20. The summed E-state index contributed by atoms with van der Waals surface area (Å²) in [6, 6.07) is 13.4. The van der Waals surface area contributed by atoms with Gasteiger partial charge >= 0.3 is 6.61 Å². The van der Waals surface area contributed by atoms with Crippen LogP contribution in [-0.4, -0.2) is 19.6 Å². The van der Waals surface area contributed by atoms with E-state index in [2.05, 4.69) is 10.1 Å². The van der Waals surface area contributed by atoms with Crippen molar-refractivity contribution < 1.29 is 23.0 Å². The summed E-state index contributed by atoms with van der Waals surface area (Å²) in [6.07, 6.45) is 2.59. The lowest BCUT2D eigenvalue weighted by atomic mass is 10.1. The van der Waals surface area contributed by atoms with Gasteiger partial charge < -0.3 is 14.8 Å². The second kappa shape index (κ2) is 9.18. The summed E-state index contributed by atoms with van der Waals surface area (Å²) in [5.41, 5.74) is 1.65. The molecule has 0 aliphatic heterocycles. The zero-order valence-corrected chi connectivity index (χ0v) is 13.9. The third-order valence-corrected chi connectivity index (χ3v) is 3.40.